The van der Waals surface area contributed by atoms with Gasteiger partial charge in [-0.1, -0.05) is 12.1 Å². The highest BCUT2D eigenvalue weighted by Crippen LogP contribution is 2.25. The maximum atomic E-state index is 11.6. The van der Waals surface area contributed by atoms with Crippen LogP contribution in [0.2, 0.25) is 0 Å². The van der Waals surface area contributed by atoms with E-state index in [1.165, 1.54) is 24.3 Å². The second-order valence-corrected chi connectivity index (χ2v) is 4.33. The van der Waals surface area contributed by atoms with Crippen molar-refractivity contribution in [3.8, 4) is 0 Å². The number of carbonyl (C=O) groups is 2. The molecule has 0 aromatic heterocycles. The van der Waals surface area contributed by atoms with Crippen molar-refractivity contribution in [1.29, 1.82) is 0 Å². The van der Waals surface area contributed by atoms with E-state index in [0.717, 1.165) is 0 Å². The molecule has 0 aliphatic carbocycles. The molecule has 1 aromatic carbocycles. The fourth-order valence-electron chi connectivity index (χ4n) is 1.87. The van der Waals surface area contributed by atoms with Crippen LogP contribution in [0.1, 0.15) is 24.8 Å². The normalized spacial score (nSPS) is 13.2. The fraction of sp³-hybridized carbons (Fsp3) is 0.385. The first-order chi connectivity index (χ1) is 9.86. The molecule has 0 radical (unpaired) electrons. The summed E-state index contributed by atoms with van der Waals surface area (Å²) in [5, 5.41) is 19.6. The number of nitro benzene ring substituents is 1. The summed E-state index contributed by atoms with van der Waals surface area (Å²) in [7, 11) is 0. The van der Waals surface area contributed by atoms with Crippen LogP contribution in [0.15, 0.2) is 24.3 Å². The molecular formula is C13H16N2O6. The number of non-ortho nitro benzene ring substituents is 1. The first-order valence-electron chi connectivity index (χ1n) is 6.25. The van der Waals surface area contributed by atoms with Crippen LogP contribution < -0.4 is 5.73 Å². The number of carboxylic acid groups (broad SMARTS) is 1. The third-order valence-electron chi connectivity index (χ3n) is 2.94. The van der Waals surface area contributed by atoms with Gasteiger partial charge in [-0.05, 0) is 12.5 Å². The summed E-state index contributed by atoms with van der Waals surface area (Å²) >= 11 is 0. The number of ether oxygens (including phenoxy) is 1. The van der Waals surface area contributed by atoms with E-state index >= 15 is 0 Å². The lowest BCUT2D eigenvalue weighted by atomic mass is 9.89. The predicted octanol–water partition coefficient (Wildman–Crippen LogP) is 1.04. The molecular weight excluding hydrogens is 280 g/mol. The van der Waals surface area contributed by atoms with Crippen LogP contribution in [-0.4, -0.2) is 34.6 Å². The van der Waals surface area contributed by atoms with Gasteiger partial charge in [-0.2, -0.15) is 0 Å². The third kappa shape index (κ3) is 4.53. The van der Waals surface area contributed by atoms with Crippen LogP contribution >= 0.6 is 0 Å². The zero-order valence-electron chi connectivity index (χ0n) is 11.4. The van der Waals surface area contributed by atoms with Crippen LogP contribution in [0, 0.1) is 10.1 Å². The predicted molar refractivity (Wildman–Crippen MR) is 72.7 cm³/mol. The van der Waals surface area contributed by atoms with Crippen molar-refractivity contribution in [3.63, 3.8) is 0 Å². The van der Waals surface area contributed by atoms with Crippen molar-refractivity contribution < 1.29 is 24.4 Å². The first kappa shape index (κ1) is 16.6. The molecule has 3 N–H and O–H groups in total. The average Bonchev–Trinajstić information content (AvgIpc) is 2.44. The van der Waals surface area contributed by atoms with E-state index in [1.54, 1.807) is 6.92 Å². The average molecular weight is 296 g/mol. The zero-order chi connectivity index (χ0) is 16.0. The summed E-state index contributed by atoms with van der Waals surface area (Å²) in [6.45, 7) is 1.81. The number of carbonyl (C=O) groups excluding carboxylic acids is 1. The lowest BCUT2D eigenvalue weighted by molar-refractivity contribution is -0.384. The lowest BCUT2D eigenvalue weighted by Gasteiger charge is -2.20. The van der Waals surface area contributed by atoms with Crippen LogP contribution in [0.3, 0.4) is 0 Å². The molecule has 114 valence electrons. The summed E-state index contributed by atoms with van der Waals surface area (Å²) in [4.78, 5) is 32.6. The molecule has 0 saturated heterocycles. The number of hydrogen-bond acceptors (Lipinski definition) is 6. The van der Waals surface area contributed by atoms with E-state index in [2.05, 4.69) is 0 Å². The number of esters is 1. The highest BCUT2D eigenvalue weighted by Gasteiger charge is 2.29. The highest BCUT2D eigenvalue weighted by atomic mass is 16.6. The summed E-state index contributed by atoms with van der Waals surface area (Å²) in [5.74, 6) is -2.65. The van der Waals surface area contributed by atoms with Gasteiger partial charge in [-0.3, -0.25) is 19.7 Å². The standard InChI is InChI=1S/C13H16N2O6/c1-2-21-11(16)7-10(12(14)13(17)18)8-3-5-9(6-4-8)15(19)20/h3-6,10,12H,2,7,14H2,1H3,(H,17,18)/t10-,12+/m1/s1. The van der Waals surface area contributed by atoms with E-state index in [0.29, 0.717) is 5.56 Å². The number of aliphatic carboxylic acids is 1. The van der Waals surface area contributed by atoms with Gasteiger partial charge in [-0.15, -0.1) is 0 Å². The molecule has 0 fully saturated rings. The van der Waals surface area contributed by atoms with Gasteiger partial charge in [-0.25, -0.2) is 0 Å². The Morgan fingerprint density at radius 1 is 1.38 bits per heavy atom. The number of rotatable bonds is 7. The monoisotopic (exact) mass is 296 g/mol. The Hall–Kier alpha value is -2.48. The molecule has 21 heavy (non-hydrogen) atoms. The highest BCUT2D eigenvalue weighted by molar-refractivity contribution is 5.77. The molecule has 0 aliphatic heterocycles. The SMILES string of the molecule is CCOC(=O)C[C@H](c1ccc([N+](=O)[O-])cc1)[C@H](N)C(=O)O. The van der Waals surface area contributed by atoms with Gasteiger partial charge >= 0.3 is 11.9 Å². The van der Waals surface area contributed by atoms with E-state index < -0.39 is 28.8 Å². The number of hydrogen-bond donors (Lipinski definition) is 2. The largest absolute Gasteiger partial charge is 0.480 e. The number of nitrogens with two attached hydrogens (primary N) is 1. The molecule has 8 nitrogen and oxygen atoms in total. The summed E-state index contributed by atoms with van der Waals surface area (Å²) < 4.78 is 4.79. The van der Waals surface area contributed by atoms with Crippen molar-refractivity contribution >= 4 is 17.6 Å². The molecule has 0 aliphatic rings. The molecule has 0 heterocycles. The molecule has 0 spiro atoms. The second-order valence-electron chi connectivity index (χ2n) is 4.33. The fourth-order valence-corrected chi connectivity index (χ4v) is 1.87. The van der Waals surface area contributed by atoms with Crippen LogP contribution in [0.25, 0.3) is 0 Å². The molecule has 0 amide bonds. The van der Waals surface area contributed by atoms with Crippen molar-refractivity contribution in [2.75, 3.05) is 6.61 Å². The van der Waals surface area contributed by atoms with Crippen molar-refractivity contribution in [1.82, 2.24) is 0 Å². The Bertz CT molecular complexity index is 528. The van der Waals surface area contributed by atoms with Crippen LogP contribution in [0.4, 0.5) is 5.69 Å². The zero-order valence-corrected chi connectivity index (χ0v) is 11.4. The minimum Gasteiger partial charge on any atom is -0.480 e. The van der Waals surface area contributed by atoms with Crippen molar-refractivity contribution in [2.45, 2.75) is 25.3 Å². The van der Waals surface area contributed by atoms with Crippen molar-refractivity contribution in [2.24, 2.45) is 5.73 Å². The van der Waals surface area contributed by atoms with Gasteiger partial charge in [0.05, 0.1) is 18.0 Å². The lowest BCUT2D eigenvalue weighted by Crippen LogP contribution is -2.37. The smallest absolute Gasteiger partial charge is 0.321 e. The van der Waals surface area contributed by atoms with Gasteiger partial charge in [0, 0.05) is 18.1 Å². The van der Waals surface area contributed by atoms with E-state index in [1.807, 2.05) is 0 Å². The van der Waals surface area contributed by atoms with Gasteiger partial charge in [0.15, 0.2) is 0 Å². The van der Waals surface area contributed by atoms with Gasteiger partial charge in [0.1, 0.15) is 6.04 Å². The maximum absolute atomic E-state index is 11.6. The minimum atomic E-state index is -1.31. The molecule has 0 unspecified atom stereocenters. The van der Waals surface area contributed by atoms with E-state index in [-0.39, 0.29) is 18.7 Å². The van der Waals surface area contributed by atoms with E-state index in [9.17, 15) is 19.7 Å². The Labute approximate surface area is 120 Å². The molecule has 8 heteroatoms. The Morgan fingerprint density at radius 2 is 1.95 bits per heavy atom. The minimum absolute atomic E-state index is 0.127. The second kappa shape index (κ2) is 7.34. The Balaban J connectivity index is 3.02. The van der Waals surface area contributed by atoms with Gasteiger partial charge < -0.3 is 15.6 Å². The Kier molecular flexibility index (Phi) is 5.79. The van der Waals surface area contributed by atoms with Gasteiger partial charge in [0.2, 0.25) is 0 Å². The summed E-state index contributed by atoms with van der Waals surface area (Å²) in [6, 6.07) is 3.95. The van der Waals surface area contributed by atoms with Crippen LogP contribution in [-0.2, 0) is 14.3 Å². The molecule has 0 bridgehead atoms. The van der Waals surface area contributed by atoms with Crippen LogP contribution in [0.5, 0.6) is 0 Å². The van der Waals surface area contributed by atoms with E-state index in [4.69, 9.17) is 15.6 Å². The molecule has 0 saturated carbocycles. The first-order valence-corrected chi connectivity index (χ1v) is 6.25. The maximum Gasteiger partial charge on any atom is 0.321 e. The number of nitro groups is 1. The summed E-state index contributed by atoms with van der Waals surface area (Å²) in [6.07, 6.45) is -0.209. The molecule has 1 rings (SSSR count). The quantitative estimate of drug-likeness (QED) is 0.436. The van der Waals surface area contributed by atoms with Crippen molar-refractivity contribution in [3.05, 3.63) is 39.9 Å². The number of carboxylic acids is 1. The topological polar surface area (TPSA) is 133 Å². The number of nitrogens with zero attached hydrogens (tertiary/aromatic N) is 1. The molecule has 1 aromatic rings. The summed E-state index contributed by atoms with van der Waals surface area (Å²) in [5.41, 5.74) is 5.90. The van der Waals surface area contributed by atoms with Gasteiger partial charge in [0.25, 0.3) is 5.69 Å². The molecule has 2 atom stereocenters. The Morgan fingerprint density at radius 3 is 2.38 bits per heavy atom. The third-order valence-corrected chi connectivity index (χ3v) is 2.94. The number of benzene rings is 1.